The highest BCUT2D eigenvalue weighted by Crippen LogP contribution is 2.18. The van der Waals surface area contributed by atoms with Crippen molar-refractivity contribution in [2.75, 3.05) is 11.9 Å². The number of hydrogen-bond donors (Lipinski definition) is 3. The van der Waals surface area contributed by atoms with Crippen LogP contribution in [0.25, 0.3) is 0 Å². The molecule has 0 bridgehead atoms. The van der Waals surface area contributed by atoms with Crippen LogP contribution >= 0.6 is 0 Å². The largest absolute Gasteiger partial charge is 0.380 e. The molecule has 1 aromatic carbocycles. The third-order valence-corrected chi connectivity index (χ3v) is 2.81. The molecule has 21 heavy (non-hydrogen) atoms. The quantitative estimate of drug-likeness (QED) is 0.379. The highest BCUT2D eigenvalue weighted by molar-refractivity contribution is 6.00. The molecule has 0 spiro atoms. The molecule has 3 heteroatoms. The summed E-state index contributed by atoms with van der Waals surface area (Å²) in [6, 6.07) is 9.85. The van der Waals surface area contributed by atoms with E-state index in [0.717, 1.165) is 22.7 Å². The average Bonchev–Trinajstić information content (AvgIpc) is 2.49. The van der Waals surface area contributed by atoms with Crippen LogP contribution in [0.2, 0.25) is 0 Å². The fourth-order valence-electron chi connectivity index (χ4n) is 1.82. The van der Waals surface area contributed by atoms with E-state index < -0.39 is 0 Å². The minimum Gasteiger partial charge on any atom is -0.380 e. The Bertz CT molecular complexity index is 565. The molecule has 0 amide bonds. The van der Waals surface area contributed by atoms with Gasteiger partial charge in [-0.2, -0.15) is 0 Å². The summed E-state index contributed by atoms with van der Waals surface area (Å²) in [4.78, 5) is 0. The highest BCUT2D eigenvalue weighted by Gasteiger charge is 2.10. The topological polar surface area (TPSA) is 47.9 Å². The molecule has 0 unspecified atom stereocenters. The second kappa shape index (κ2) is 8.59. The highest BCUT2D eigenvalue weighted by atomic mass is 15.0. The van der Waals surface area contributed by atoms with Gasteiger partial charge in [0.15, 0.2) is 0 Å². The van der Waals surface area contributed by atoms with Crippen molar-refractivity contribution in [2.24, 2.45) is 0 Å². The summed E-state index contributed by atoms with van der Waals surface area (Å²) < 4.78 is 0. The van der Waals surface area contributed by atoms with E-state index in [2.05, 4.69) is 23.8 Å². The maximum atomic E-state index is 7.98. The number of nitrogens with one attached hydrogen (secondary N) is 3. The molecule has 0 aliphatic rings. The molecule has 0 aliphatic heterocycles. The van der Waals surface area contributed by atoms with Gasteiger partial charge in [0, 0.05) is 23.5 Å². The third-order valence-electron chi connectivity index (χ3n) is 2.81. The Morgan fingerprint density at radius 3 is 2.48 bits per heavy atom. The Hall–Kier alpha value is -2.55. The maximum absolute atomic E-state index is 7.98. The number of allylic oxidation sites excluding steroid dienone is 3. The molecule has 0 aliphatic carbocycles. The zero-order valence-corrected chi connectivity index (χ0v) is 12.7. The van der Waals surface area contributed by atoms with Gasteiger partial charge in [-0.1, -0.05) is 43.0 Å². The van der Waals surface area contributed by atoms with Gasteiger partial charge >= 0.3 is 0 Å². The Morgan fingerprint density at radius 1 is 1.29 bits per heavy atom. The minimum atomic E-state index is 0.480. The summed E-state index contributed by atoms with van der Waals surface area (Å²) in [6.07, 6.45) is 5.60. The summed E-state index contributed by atoms with van der Waals surface area (Å²) in [7, 11) is 0. The summed E-state index contributed by atoms with van der Waals surface area (Å²) in [6.45, 7) is 12.1. The van der Waals surface area contributed by atoms with E-state index in [0.29, 0.717) is 12.3 Å². The first-order valence-corrected chi connectivity index (χ1v) is 6.88. The molecule has 0 radical (unpaired) electrons. The smallest absolute Gasteiger partial charge is 0.0705 e. The van der Waals surface area contributed by atoms with Crippen molar-refractivity contribution in [2.45, 2.75) is 13.8 Å². The molecule has 1 rings (SSSR count). The van der Waals surface area contributed by atoms with E-state index >= 15 is 0 Å². The fraction of sp³-hybridized carbons (Fsp3) is 0.167. The number of para-hydroxylation sites is 1. The lowest BCUT2D eigenvalue weighted by molar-refractivity contribution is 0.920. The summed E-state index contributed by atoms with van der Waals surface area (Å²) in [5, 5.41) is 14.5. The van der Waals surface area contributed by atoms with E-state index in [-0.39, 0.29) is 0 Å². The van der Waals surface area contributed by atoms with E-state index in [1.807, 2.05) is 49.4 Å². The predicted molar refractivity (Wildman–Crippen MR) is 92.6 cm³/mol. The van der Waals surface area contributed by atoms with Crippen LogP contribution in [0.3, 0.4) is 0 Å². The summed E-state index contributed by atoms with van der Waals surface area (Å²) >= 11 is 0. The summed E-state index contributed by atoms with van der Waals surface area (Å²) in [5.74, 6) is 0. The monoisotopic (exact) mass is 281 g/mol. The Balaban J connectivity index is 3.20. The van der Waals surface area contributed by atoms with Gasteiger partial charge in [-0.15, -0.1) is 6.58 Å². The van der Waals surface area contributed by atoms with Crippen LogP contribution in [-0.4, -0.2) is 12.3 Å². The van der Waals surface area contributed by atoms with E-state index in [1.165, 1.54) is 0 Å². The zero-order valence-electron chi connectivity index (χ0n) is 12.7. The van der Waals surface area contributed by atoms with Gasteiger partial charge < -0.3 is 16.0 Å². The third kappa shape index (κ3) is 5.15. The van der Waals surface area contributed by atoms with Gasteiger partial charge in [0.1, 0.15) is 0 Å². The molecular formula is C18H23N3. The molecule has 3 nitrogen and oxygen atoms in total. The standard InChI is InChI=1S/C18H23N3/c1-5-10-17(14(3)19)18(15(4)20-13-6-2)21-16-11-8-7-9-12-16/h5-12,19-21H,2,4,13H2,1,3H3/b10-5?,18-17+,19-14?. The van der Waals surface area contributed by atoms with Crippen molar-refractivity contribution in [3.8, 4) is 0 Å². The van der Waals surface area contributed by atoms with Gasteiger partial charge in [0.2, 0.25) is 0 Å². The van der Waals surface area contributed by atoms with Crippen LogP contribution in [0.4, 0.5) is 5.69 Å². The molecule has 1 aromatic rings. The summed E-state index contributed by atoms with van der Waals surface area (Å²) in [5.41, 5.74) is 3.78. The SMILES string of the molecule is C=CCNC(=C)/C(Nc1ccccc1)=C(/C=CC)C(C)=N. The molecule has 0 saturated carbocycles. The lowest BCUT2D eigenvalue weighted by Crippen LogP contribution is -2.20. The van der Waals surface area contributed by atoms with Crippen LogP contribution in [-0.2, 0) is 0 Å². The lowest BCUT2D eigenvalue weighted by Gasteiger charge is -2.18. The van der Waals surface area contributed by atoms with Crippen molar-refractivity contribution in [3.05, 3.63) is 78.7 Å². The zero-order chi connectivity index (χ0) is 15.7. The number of rotatable bonds is 8. The molecule has 0 fully saturated rings. The first kappa shape index (κ1) is 16.5. The Morgan fingerprint density at radius 2 is 1.95 bits per heavy atom. The average molecular weight is 281 g/mol. The van der Waals surface area contributed by atoms with E-state index in [1.54, 1.807) is 13.0 Å². The minimum absolute atomic E-state index is 0.480. The molecule has 110 valence electrons. The van der Waals surface area contributed by atoms with Crippen LogP contribution in [0, 0.1) is 5.41 Å². The number of hydrogen-bond acceptors (Lipinski definition) is 3. The fourth-order valence-corrected chi connectivity index (χ4v) is 1.82. The van der Waals surface area contributed by atoms with Crippen LogP contribution < -0.4 is 10.6 Å². The number of benzene rings is 1. The Kier molecular flexibility index (Phi) is 6.75. The van der Waals surface area contributed by atoms with Crippen molar-refractivity contribution in [1.82, 2.24) is 5.32 Å². The normalized spacial score (nSPS) is 11.7. The lowest BCUT2D eigenvalue weighted by atomic mass is 10.1. The molecule has 0 aromatic heterocycles. The van der Waals surface area contributed by atoms with Crippen LogP contribution in [0.15, 0.2) is 78.7 Å². The molecule has 0 saturated heterocycles. The molecule has 0 atom stereocenters. The van der Waals surface area contributed by atoms with Crippen molar-refractivity contribution < 1.29 is 0 Å². The van der Waals surface area contributed by atoms with E-state index in [9.17, 15) is 0 Å². The van der Waals surface area contributed by atoms with Crippen LogP contribution in [0.5, 0.6) is 0 Å². The maximum Gasteiger partial charge on any atom is 0.0705 e. The second-order valence-electron chi connectivity index (χ2n) is 4.55. The van der Waals surface area contributed by atoms with Gasteiger partial charge in [-0.05, 0) is 26.0 Å². The first-order chi connectivity index (χ1) is 10.1. The van der Waals surface area contributed by atoms with Crippen molar-refractivity contribution >= 4 is 11.4 Å². The Labute approximate surface area is 127 Å². The van der Waals surface area contributed by atoms with Gasteiger partial charge in [0.25, 0.3) is 0 Å². The molecule has 0 heterocycles. The van der Waals surface area contributed by atoms with Gasteiger partial charge in [-0.25, -0.2) is 0 Å². The van der Waals surface area contributed by atoms with Gasteiger partial charge in [-0.3, -0.25) is 0 Å². The molecular weight excluding hydrogens is 258 g/mol. The van der Waals surface area contributed by atoms with Crippen LogP contribution in [0.1, 0.15) is 13.8 Å². The second-order valence-corrected chi connectivity index (χ2v) is 4.55. The van der Waals surface area contributed by atoms with Crippen molar-refractivity contribution in [1.29, 1.82) is 5.41 Å². The predicted octanol–water partition coefficient (Wildman–Crippen LogP) is 4.26. The van der Waals surface area contributed by atoms with Crippen molar-refractivity contribution in [3.63, 3.8) is 0 Å². The molecule has 3 N–H and O–H groups in total. The van der Waals surface area contributed by atoms with Gasteiger partial charge in [0.05, 0.1) is 11.4 Å². The first-order valence-electron chi connectivity index (χ1n) is 6.88. The van der Waals surface area contributed by atoms with E-state index in [4.69, 9.17) is 5.41 Å². The number of anilines is 1.